The Bertz CT molecular complexity index is 341. The summed E-state index contributed by atoms with van der Waals surface area (Å²) in [6.45, 7) is 0. The Morgan fingerprint density at radius 1 is 0.812 bits per heavy atom. The third kappa shape index (κ3) is 4.44. The van der Waals surface area contributed by atoms with Gasteiger partial charge in [0, 0.05) is 0 Å². The van der Waals surface area contributed by atoms with Crippen LogP contribution in [0.2, 0.25) is 0 Å². The third-order valence-electron chi connectivity index (χ3n) is 2.31. The molecule has 0 bridgehead atoms. The average molecular weight is 217 g/mol. The van der Waals surface area contributed by atoms with Gasteiger partial charge in [0.25, 0.3) is 0 Å². The van der Waals surface area contributed by atoms with Gasteiger partial charge in [0.15, 0.2) is 0 Å². The summed E-state index contributed by atoms with van der Waals surface area (Å²) >= 11 is 0. The molecular weight excluding hydrogens is 203 g/mol. The summed E-state index contributed by atoms with van der Waals surface area (Å²) < 4.78 is 0. The van der Waals surface area contributed by atoms with Gasteiger partial charge in [-0.15, -0.1) is 12.1 Å². The first kappa shape index (κ1) is 13.4. The summed E-state index contributed by atoms with van der Waals surface area (Å²) in [5, 5.41) is 0. The Hall–Kier alpha value is -0.690. The molecule has 0 spiro atoms. The number of hydrogen-bond acceptors (Lipinski definition) is 0. The summed E-state index contributed by atoms with van der Waals surface area (Å²) in [5.74, 6) is 0. The van der Waals surface area contributed by atoms with Crippen LogP contribution in [0.1, 0.15) is 17.5 Å². The fourth-order valence-corrected chi connectivity index (χ4v) is 1.51. The van der Waals surface area contributed by atoms with E-state index in [1.807, 2.05) is 12.1 Å². The fourth-order valence-electron chi connectivity index (χ4n) is 1.51. The van der Waals surface area contributed by atoms with E-state index < -0.39 is 0 Å². The van der Waals surface area contributed by atoms with E-state index in [0.29, 0.717) is 0 Å². The van der Waals surface area contributed by atoms with Crippen LogP contribution < -0.4 is 29.6 Å². The van der Waals surface area contributed by atoms with Gasteiger partial charge < -0.3 is 0 Å². The predicted octanol–water partition coefficient (Wildman–Crippen LogP) is 0.886. The average Bonchev–Trinajstić information content (AvgIpc) is 2.32. The molecular formula is C15H14Na. The van der Waals surface area contributed by atoms with Crippen LogP contribution in [0.3, 0.4) is 0 Å². The van der Waals surface area contributed by atoms with Crippen molar-refractivity contribution >= 4 is 0 Å². The Morgan fingerprint density at radius 2 is 1.38 bits per heavy atom. The van der Waals surface area contributed by atoms with Gasteiger partial charge in [0.05, 0.1) is 0 Å². The molecule has 2 aromatic rings. The Morgan fingerprint density at radius 3 is 2.00 bits per heavy atom. The molecule has 0 aromatic heterocycles. The van der Waals surface area contributed by atoms with Gasteiger partial charge in [-0.2, -0.15) is 24.1 Å². The molecule has 0 aliphatic carbocycles. The molecule has 0 aliphatic heterocycles. The van der Waals surface area contributed by atoms with Crippen molar-refractivity contribution in [1.29, 1.82) is 0 Å². The van der Waals surface area contributed by atoms with Crippen molar-refractivity contribution in [3.63, 3.8) is 0 Å². The fraction of sp³-hybridized carbons (Fsp3) is 0.0667. The molecule has 0 amide bonds. The largest absolute Gasteiger partial charge is 1.00 e. The second-order valence-corrected chi connectivity index (χ2v) is 3.47. The van der Waals surface area contributed by atoms with Crippen LogP contribution in [0.25, 0.3) is 0 Å². The SMILES string of the molecule is [CH](C[CH-]c1ccccc1)c1ccccc1.[Na+]. The third-order valence-corrected chi connectivity index (χ3v) is 2.31. The molecule has 0 unspecified atom stereocenters. The molecule has 0 nitrogen and oxygen atoms in total. The standard InChI is InChI=1S/C15H14.Na/c1-3-8-14(9-4-1)12-7-13-15-10-5-2-6-11-15;/h1-6,8-13H,7H2;/q-1;+1. The van der Waals surface area contributed by atoms with Gasteiger partial charge >= 0.3 is 29.6 Å². The maximum absolute atomic E-state index is 2.23. The van der Waals surface area contributed by atoms with E-state index in [1.165, 1.54) is 11.1 Å². The van der Waals surface area contributed by atoms with E-state index in [0.717, 1.165) is 6.42 Å². The molecule has 75 valence electrons. The summed E-state index contributed by atoms with van der Waals surface area (Å²) in [4.78, 5) is 0. The quantitative estimate of drug-likeness (QED) is 0.527. The Balaban J connectivity index is 0.00000128. The maximum atomic E-state index is 2.23. The zero-order chi connectivity index (χ0) is 10.3. The van der Waals surface area contributed by atoms with Crippen LogP contribution in [0, 0.1) is 12.8 Å². The van der Waals surface area contributed by atoms with E-state index in [2.05, 4.69) is 61.4 Å². The van der Waals surface area contributed by atoms with Crippen molar-refractivity contribution in [3.05, 3.63) is 84.6 Å². The summed E-state index contributed by atoms with van der Waals surface area (Å²) in [5.41, 5.74) is 2.56. The topological polar surface area (TPSA) is 0 Å². The molecule has 1 heteroatoms. The van der Waals surface area contributed by atoms with Crippen LogP contribution >= 0.6 is 0 Å². The molecule has 0 aliphatic rings. The zero-order valence-corrected chi connectivity index (χ0v) is 11.6. The molecule has 2 rings (SSSR count). The summed E-state index contributed by atoms with van der Waals surface area (Å²) in [6, 6.07) is 20.8. The molecule has 0 heterocycles. The monoisotopic (exact) mass is 217 g/mol. The van der Waals surface area contributed by atoms with E-state index >= 15 is 0 Å². The van der Waals surface area contributed by atoms with Crippen molar-refractivity contribution < 1.29 is 29.6 Å². The molecule has 0 N–H and O–H groups in total. The van der Waals surface area contributed by atoms with Crippen LogP contribution in [0.5, 0.6) is 0 Å². The number of benzene rings is 2. The van der Waals surface area contributed by atoms with Gasteiger partial charge in [-0.3, -0.25) is 0 Å². The van der Waals surface area contributed by atoms with Crippen molar-refractivity contribution in [2.45, 2.75) is 6.42 Å². The Kier molecular flexibility index (Phi) is 6.32. The first-order valence-electron chi connectivity index (χ1n) is 5.22. The van der Waals surface area contributed by atoms with Crippen molar-refractivity contribution in [1.82, 2.24) is 0 Å². The normalized spacial score (nSPS) is 9.25. The van der Waals surface area contributed by atoms with E-state index in [1.54, 1.807) is 0 Å². The van der Waals surface area contributed by atoms with Gasteiger partial charge in [-0.1, -0.05) is 42.8 Å². The molecule has 0 saturated carbocycles. The molecule has 16 heavy (non-hydrogen) atoms. The van der Waals surface area contributed by atoms with Crippen LogP contribution in [0.15, 0.2) is 60.7 Å². The van der Waals surface area contributed by atoms with Gasteiger partial charge in [0.1, 0.15) is 0 Å². The molecule has 0 atom stereocenters. The minimum Gasteiger partial charge on any atom is -0.192 e. The van der Waals surface area contributed by atoms with E-state index in [4.69, 9.17) is 0 Å². The number of rotatable bonds is 4. The van der Waals surface area contributed by atoms with Crippen molar-refractivity contribution in [2.24, 2.45) is 0 Å². The van der Waals surface area contributed by atoms with Crippen molar-refractivity contribution in [3.8, 4) is 0 Å². The first-order valence-corrected chi connectivity index (χ1v) is 5.22. The first-order chi connectivity index (χ1) is 7.45. The molecule has 2 aromatic carbocycles. The van der Waals surface area contributed by atoms with Crippen LogP contribution in [-0.2, 0) is 0 Å². The van der Waals surface area contributed by atoms with Gasteiger partial charge in [0.2, 0.25) is 0 Å². The van der Waals surface area contributed by atoms with Crippen molar-refractivity contribution in [2.75, 3.05) is 0 Å². The second kappa shape index (κ2) is 7.56. The minimum absolute atomic E-state index is 0. The number of hydrogen-bond donors (Lipinski definition) is 0. The van der Waals surface area contributed by atoms with E-state index in [-0.39, 0.29) is 29.6 Å². The summed E-state index contributed by atoms with van der Waals surface area (Å²) in [7, 11) is 0. The molecule has 1 radical (unpaired) electrons. The molecule has 0 saturated heterocycles. The predicted molar refractivity (Wildman–Crippen MR) is 64.3 cm³/mol. The van der Waals surface area contributed by atoms with Crippen LogP contribution in [0.4, 0.5) is 0 Å². The maximum Gasteiger partial charge on any atom is 1.00 e. The smallest absolute Gasteiger partial charge is 0.192 e. The summed E-state index contributed by atoms with van der Waals surface area (Å²) in [6.07, 6.45) is 5.44. The zero-order valence-electron chi connectivity index (χ0n) is 9.64. The molecule has 0 fully saturated rings. The Labute approximate surface area is 120 Å². The van der Waals surface area contributed by atoms with Gasteiger partial charge in [-0.05, 0) is 12.0 Å². The minimum atomic E-state index is 0. The van der Waals surface area contributed by atoms with Gasteiger partial charge in [-0.25, -0.2) is 0 Å². The van der Waals surface area contributed by atoms with E-state index in [9.17, 15) is 0 Å². The second-order valence-electron chi connectivity index (χ2n) is 3.47. The van der Waals surface area contributed by atoms with Crippen LogP contribution in [-0.4, -0.2) is 0 Å².